The molecule has 0 aromatic heterocycles. The predicted octanol–water partition coefficient (Wildman–Crippen LogP) is -2.65. The van der Waals surface area contributed by atoms with Gasteiger partial charge in [-0.1, -0.05) is 19.3 Å². The molecule has 1 rings (SSSR count). The first-order valence-corrected chi connectivity index (χ1v) is 5.29. The third-order valence-electron chi connectivity index (χ3n) is 2.90. The summed E-state index contributed by atoms with van der Waals surface area (Å²) in [5, 5.41) is 21.2. The third kappa shape index (κ3) is 5.09. The molecule has 0 unspecified atom stereocenters. The van der Waals surface area contributed by atoms with E-state index in [1.54, 1.807) is 0 Å². The molecule has 0 aromatic rings. The van der Waals surface area contributed by atoms with Gasteiger partial charge >= 0.3 is 0 Å². The van der Waals surface area contributed by atoms with Crippen LogP contribution in [0.5, 0.6) is 0 Å². The van der Waals surface area contributed by atoms with Crippen molar-refractivity contribution in [2.45, 2.75) is 37.6 Å². The molecule has 1 aliphatic carbocycles. The van der Waals surface area contributed by atoms with Crippen LogP contribution >= 0.6 is 0 Å². The number of nitrogens with two attached hydrogens (primary N) is 1. The van der Waals surface area contributed by atoms with E-state index in [2.05, 4.69) is 5.32 Å². The summed E-state index contributed by atoms with van der Waals surface area (Å²) in [7, 11) is 2.03. The lowest BCUT2D eigenvalue weighted by atomic mass is 9.82. The summed E-state index contributed by atoms with van der Waals surface area (Å²) in [6.07, 6.45) is 6.61. The summed E-state index contributed by atoms with van der Waals surface area (Å²) >= 11 is 0. The lowest BCUT2D eigenvalue weighted by molar-refractivity contribution is -0.345. The zero-order valence-corrected chi connectivity index (χ0v) is 9.45. The number of rotatable bonds is 2. The molecule has 1 aliphatic rings. The van der Waals surface area contributed by atoms with E-state index in [9.17, 15) is 0 Å². The van der Waals surface area contributed by atoms with Crippen LogP contribution in [0.3, 0.4) is 0 Å². The first-order chi connectivity index (χ1) is 7.47. The highest BCUT2D eigenvalue weighted by Gasteiger charge is 2.27. The lowest BCUT2D eigenvalue weighted by Gasteiger charge is -2.35. The highest BCUT2D eigenvalue weighted by molar-refractivity contribution is 6.25. The van der Waals surface area contributed by atoms with Crippen LogP contribution in [0.1, 0.15) is 32.1 Å². The second kappa shape index (κ2) is 7.19. The summed E-state index contributed by atoms with van der Waals surface area (Å²) in [6.45, 7) is 0.795. The van der Waals surface area contributed by atoms with Crippen LogP contribution in [0.2, 0.25) is 0 Å². The van der Waals surface area contributed by atoms with Crippen molar-refractivity contribution >= 4 is 11.9 Å². The molecule has 0 amide bonds. The zero-order valence-electron chi connectivity index (χ0n) is 9.45. The Morgan fingerprint density at radius 3 is 1.81 bits per heavy atom. The number of aliphatic carboxylic acids is 2. The van der Waals surface area contributed by atoms with Gasteiger partial charge in [0.05, 0.1) is 11.9 Å². The van der Waals surface area contributed by atoms with Crippen molar-refractivity contribution in [2.24, 2.45) is 5.73 Å². The molecule has 0 bridgehead atoms. The standard InChI is InChI=1S/C8H18N2.C2H2O4/c1-10-8(7-9)5-3-2-4-6-8;3-1(4)2(5)6/h10H,2-7,9H2,1H3;(H,3,4)(H,5,6)/p-2. The van der Waals surface area contributed by atoms with Gasteiger partial charge in [0.1, 0.15) is 0 Å². The fourth-order valence-electron chi connectivity index (χ4n) is 1.78. The van der Waals surface area contributed by atoms with Gasteiger partial charge in [0, 0.05) is 12.1 Å². The molecule has 0 spiro atoms. The summed E-state index contributed by atoms with van der Waals surface area (Å²) in [4.78, 5) is 17.9. The summed E-state index contributed by atoms with van der Waals surface area (Å²) in [6, 6.07) is 0. The van der Waals surface area contributed by atoms with E-state index in [4.69, 9.17) is 25.5 Å². The number of carboxylic acids is 2. The van der Waals surface area contributed by atoms with Crippen molar-refractivity contribution in [3.05, 3.63) is 0 Å². The van der Waals surface area contributed by atoms with E-state index in [0.29, 0.717) is 0 Å². The molecule has 3 N–H and O–H groups in total. The van der Waals surface area contributed by atoms with Gasteiger partial charge < -0.3 is 30.9 Å². The first-order valence-electron chi connectivity index (χ1n) is 5.29. The second-order valence-electron chi connectivity index (χ2n) is 3.87. The van der Waals surface area contributed by atoms with Crippen LogP contribution in [-0.2, 0) is 9.59 Å². The maximum atomic E-state index is 8.93. The van der Waals surface area contributed by atoms with Gasteiger partial charge in [-0.2, -0.15) is 0 Å². The highest BCUT2D eigenvalue weighted by atomic mass is 16.4. The van der Waals surface area contributed by atoms with Crippen molar-refractivity contribution < 1.29 is 19.8 Å². The molecular weight excluding hydrogens is 212 g/mol. The molecular formula is C10H18N2O4-2. The van der Waals surface area contributed by atoms with Crippen LogP contribution < -0.4 is 21.3 Å². The minimum Gasteiger partial charge on any atom is -0.543 e. The van der Waals surface area contributed by atoms with Crippen LogP contribution in [-0.4, -0.2) is 31.1 Å². The third-order valence-corrected chi connectivity index (χ3v) is 2.90. The maximum absolute atomic E-state index is 8.93. The quantitative estimate of drug-likeness (QED) is 0.500. The normalized spacial score (nSPS) is 18.1. The van der Waals surface area contributed by atoms with Gasteiger partial charge in [-0.15, -0.1) is 0 Å². The van der Waals surface area contributed by atoms with Gasteiger partial charge in [0.25, 0.3) is 0 Å². The van der Waals surface area contributed by atoms with E-state index in [1.807, 2.05) is 7.05 Å². The molecule has 6 nitrogen and oxygen atoms in total. The van der Waals surface area contributed by atoms with Crippen molar-refractivity contribution in [3.63, 3.8) is 0 Å². The van der Waals surface area contributed by atoms with Crippen LogP contribution in [0.4, 0.5) is 0 Å². The highest BCUT2D eigenvalue weighted by Crippen LogP contribution is 2.26. The molecule has 6 heteroatoms. The Morgan fingerprint density at radius 2 is 1.62 bits per heavy atom. The number of hydrogen-bond donors (Lipinski definition) is 2. The minimum atomic E-state index is -2.19. The number of carbonyl (C=O) groups is 2. The Morgan fingerprint density at radius 1 is 1.19 bits per heavy atom. The van der Waals surface area contributed by atoms with Crippen molar-refractivity contribution in [3.8, 4) is 0 Å². The van der Waals surface area contributed by atoms with Gasteiger partial charge in [0.2, 0.25) is 0 Å². The minimum absolute atomic E-state index is 0.290. The summed E-state index contributed by atoms with van der Waals surface area (Å²) in [5.74, 6) is -4.37. The molecule has 0 radical (unpaired) electrons. The molecule has 0 saturated heterocycles. The van der Waals surface area contributed by atoms with E-state index in [-0.39, 0.29) is 5.54 Å². The molecule has 16 heavy (non-hydrogen) atoms. The van der Waals surface area contributed by atoms with Crippen molar-refractivity contribution in [1.29, 1.82) is 0 Å². The fourth-order valence-corrected chi connectivity index (χ4v) is 1.78. The number of hydrogen-bond acceptors (Lipinski definition) is 6. The Kier molecular flexibility index (Phi) is 6.67. The number of carboxylic acid groups (broad SMARTS) is 2. The molecule has 0 heterocycles. The maximum Gasteiger partial charge on any atom is 0.0870 e. The molecule has 0 aliphatic heterocycles. The lowest BCUT2D eigenvalue weighted by Crippen LogP contribution is -2.50. The smallest absolute Gasteiger partial charge is 0.0870 e. The molecule has 94 valence electrons. The van der Waals surface area contributed by atoms with Crippen molar-refractivity contribution in [2.75, 3.05) is 13.6 Å². The molecule has 1 saturated carbocycles. The Hall–Kier alpha value is -1.14. The number of likely N-dealkylation sites (N-methyl/N-ethyl adjacent to an activating group) is 1. The number of carbonyl (C=O) groups excluding carboxylic acids is 2. The number of nitrogens with one attached hydrogen (secondary N) is 1. The second-order valence-corrected chi connectivity index (χ2v) is 3.87. The average molecular weight is 230 g/mol. The SMILES string of the molecule is CNC1(CN)CCCCC1.O=C([O-])C(=O)[O-]. The molecule has 0 atom stereocenters. The van der Waals surface area contributed by atoms with Crippen molar-refractivity contribution in [1.82, 2.24) is 5.32 Å². The largest absolute Gasteiger partial charge is 0.543 e. The Bertz CT molecular complexity index is 219. The van der Waals surface area contributed by atoms with Crippen LogP contribution in [0.15, 0.2) is 0 Å². The average Bonchev–Trinajstić information content (AvgIpc) is 2.30. The predicted molar refractivity (Wildman–Crippen MR) is 53.9 cm³/mol. The van der Waals surface area contributed by atoms with Gasteiger partial charge in [-0.3, -0.25) is 0 Å². The van der Waals surface area contributed by atoms with Crippen LogP contribution in [0.25, 0.3) is 0 Å². The first kappa shape index (κ1) is 14.9. The van der Waals surface area contributed by atoms with Gasteiger partial charge in [-0.05, 0) is 19.9 Å². The fraction of sp³-hybridized carbons (Fsp3) is 0.800. The van der Waals surface area contributed by atoms with E-state index < -0.39 is 11.9 Å². The molecule has 1 fully saturated rings. The summed E-state index contributed by atoms with van der Waals surface area (Å²) in [5.41, 5.74) is 5.98. The van der Waals surface area contributed by atoms with Gasteiger partial charge in [0.15, 0.2) is 0 Å². The van der Waals surface area contributed by atoms with E-state index in [0.717, 1.165) is 6.54 Å². The Balaban J connectivity index is 0.000000325. The van der Waals surface area contributed by atoms with Gasteiger partial charge in [-0.25, -0.2) is 0 Å². The zero-order chi connectivity index (χ0) is 12.6. The Labute approximate surface area is 94.8 Å². The monoisotopic (exact) mass is 230 g/mol. The molecule has 0 aromatic carbocycles. The van der Waals surface area contributed by atoms with Crippen LogP contribution in [0, 0.1) is 0 Å². The summed E-state index contributed by atoms with van der Waals surface area (Å²) < 4.78 is 0. The topological polar surface area (TPSA) is 118 Å². The van der Waals surface area contributed by atoms with E-state index >= 15 is 0 Å². The van der Waals surface area contributed by atoms with E-state index in [1.165, 1.54) is 32.1 Å².